The van der Waals surface area contributed by atoms with Gasteiger partial charge in [0.2, 0.25) is 0 Å². The Morgan fingerprint density at radius 2 is 1.21 bits per heavy atom. The van der Waals surface area contributed by atoms with Crippen molar-refractivity contribution in [1.82, 2.24) is 0 Å². The number of nitro groups is 2. The largest absolute Gasteiger partial charge is 0.453 e. The molecule has 0 bridgehead atoms. The SMILES string of the molecule is CCCCNc1cc([N+](=O)[O-])ccc1Oc1ccc([N+](=O)[O-])cc1NCCCC. The molecule has 0 spiro atoms. The Morgan fingerprint density at radius 1 is 0.793 bits per heavy atom. The Bertz CT molecular complexity index is 787. The number of benzene rings is 2. The van der Waals surface area contributed by atoms with Crippen LogP contribution >= 0.6 is 0 Å². The molecule has 0 aliphatic heterocycles. The highest BCUT2D eigenvalue weighted by Gasteiger charge is 2.16. The number of rotatable bonds is 12. The van der Waals surface area contributed by atoms with Gasteiger partial charge in [-0.05, 0) is 25.0 Å². The predicted octanol–water partition coefficient (Wildman–Crippen LogP) is 5.72. The summed E-state index contributed by atoms with van der Waals surface area (Å²) < 4.78 is 6.00. The van der Waals surface area contributed by atoms with Gasteiger partial charge in [-0.2, -0.15) is 0 Å². The molecule has 2 aromatic rings. The fraction of sp³-hybridized carbons (Fsp3) is 0.400. The summed E-state index contributed by atoms with van der Waals surface area (Å²) in [5.74, 6) is 0.832. The third-order valence-electron chi connectivity index (χ3n) is 4.26. The lowest BCUT2D eigenvalue weighted by molar-refractivity contribution is -0.385. The monoisotopic (exact) mass is 402 g/mol. The number of ether oxygens (including phenoxy) is 1. The fourth-order valence-electron chi connectivity index (χ4n) is 2.64. The van der Waals surface area contributed by atoms with Gasteiger partial charge in [-0.25, -0.2) is 0 Å². The van der Waals surface area contributed by atoms with Gasteiger partial charge in [-0.1, -0.05) is 26.7 Å². The van der Waals surface area contributed by atoms with E-state index in [0.717, 1.165) is 25.7 Å². The van der Waals surface area contributed by atoms with Crippen molar-refractivity contribution in [2.75, 3.05) is 23.7 Å². The van der Waals surface area contributed by atoms with E-state index in [9.17, 15) is 20.2 Å². The molecule has 0 aliphatic rings. The first-order chi connectivity index (χ1) is 14.0. The Morgan fingerprint density at radius 3 is 1.55 bits per heavy atom. The molecule has 2 rings (SSSR count). The second-order valence-corrected chi connectivity index (χ2v) is 6.54. The molecule has 0 heterocycles. The fourth-order valence-corrected chi connectivity index (χ4v) is 2.64. The van der Waals surface area contributed by atoms with Gasteiger partial charge in [0.25, 0.3) is 11.4 Å². The van der Waals surface area contributed by atoms with Crippen molar-refractivity contribution < 1.29 is 14.6 Å². The highest BCUT2D eigenvalue weighted by molar-refractivity contribution is 5.66. The normalized spacial score (nSPS) is 10.4. The molecule has 0 fully saturated rings. The highest BCUT2D eigenvalue weighted by Crippen LogP contribution is 2.37. The molecule has 0 radical (unpaired) electrons. The summed E-state index contributed by atoms with van der Waals surface area (Å²) in [6, 6.07) is 8.67. The summed E-state index contributed by atoms with van der Waals surface area (Å²) >= 11 is 0. The molecular weight excluding hydrogens is 376 g/mol. The second-order valence-electron chi connectivity index (χ2n) is 6.54. The van der Waals surface area contributed by atoms with E-state index in [1.165, 1.54) is 36.4 Å². The third-order valence-corrected chi connectivity index (χ3v) is 4.26. The molecule has 0 amide bonds. The van der Waals surface area contributed by atoms with Gasteiger partial charge < -0.3 is 15.4 Å². The molecule has 0 saturated heterocycles. The number of hydrogen-bond donors (Lipinski definition) is 2. The quantitative estimate of drug-likeness (QED) is 0.265. The predicted molar refractivity (Wildman–Crippen MR) is 113 cm³/mol. The van der Waals surface area contributed by atoms with Crippen LogP contribution in [0, 0.1) is 20.2 Å². The smallest absolute Gasteiger partial charge is 0.271 e. The first-order valence-electron chi connectivity index (χ1n) is 9.68. The van der Waals surface area contributed by atoms with Gasteiger partial charge in [0, 0.05) is 37.4 Å². The number of nitro benzene ring substituents is 2. The lowest BCUT2D eigenvalue weighted by Gasteiger charge is -2.16. The third kappa shape index (κ3) is 6.34. The minimum Gasteiger partial charge on any atom is -0.453 e. The average molecular weight is 402 g/mol. The summed E-state index contributed by atoms with van der Waals surface area (Å²) in [5, 5.41) is 28.6. The lowest BCUT2D eigenvalue weighted by atomic mass is 10.2. The number of unbranched alkanes of at least 4 members (excludes halogenated alkanes) is 2. The van der Waals surface area contributed by atoms with Crippen molar-refractivity contribution in [3.8, 4) is 11.5 Å². The van der Waals surface area contributed by atoms with Crippen LogP contribution in [0.25, 0.3) is 0 Å². The Balaban J connectivity index is 2.35. The molecule has 9 heteroatoms. The van der Waals surface area contributed by atoms with Gasteiger partial charge in [0.05, 0.1) is 21.2 Å². The second kappa shape index (κ2) is 10.8. The first kappa shape index (κ1) is 21.9. The average Bonchev–Trinajstić information content (AvgIpc) is 2.70. The summed E-state index contributed by atoms with van der Waals surface area (Å²) in [7, 11) is 0. The number of nitrogens with zero attached hydrogens (tertiary/aromatic N) is 2. The molecule has 29 heavy (non-hydrogen) atoms. The molecule has 0 atom stereocenters. The van der Waals surface area contributed by atoms with Crippen molar-refractivity contribution in [3.05, 3.63) is 56.6 Å². The number of anilines is 2. The molecule has 156 valence electrons. The van der Waals surface area contributed by atoms with Gasteiger partial charge in [-0.3, -0.25) is 20.2 Å². The van der Waals surface area contributed by atoms with Crippen molar-refractivity contribution in [2.24, 2.45) is 0 Å². The van der Waals surface area contributed by atoms with E-state index < -0.39 is 9.85 Å². The van der Waals surface area contributed by atoms with Gasteiger partial charge in [-0.15, -0.1) is 0 Å². The van der Waals surface area contributed by atoms with Crippen LogP contribution in [0.15, 0.2) is 36.4 Å². The first-order valence-corrected chi connectivity index (χ1v) is 9.68. The maximum atomic E-state index is 11.1. The Kier molecular flexibility index (Phi) is 8.20. The minimum absolute atomic E-state index is 0.0404. The van der Waals surface area contributed by atoms with Crippen molar-refractivity contribution in [1.29, 1.82) is 0 Å². The van der Waals surface area contributed by atoms with Crippen LogP contribution in [-0.4, -0.2) is 22.9 Å². The summed E-state index contributed by atoms with van der Waals surface area (Å²) in [6.45, 7) is 5.40. The Hall–Kier alpha value is -3.36. The van der Waals surface area contributed by atoms with E-state index in [0.29, 0.717) is 36.0 Å². The van der Waals surface area contributed by atoms with Crippen LogP contribution in [-0.2, 0) is 0 Å². The number of hydrogen-bond acceptors (Lipinski definition) is 7. The summed E-state index contributed by atoms with van der Waals surface area (Å²) in [5.41, 5.74) is 0.929. The highest BCUT2D eigenvalue weighted by atomic mass is 16.6. The van der Waals surface area contributed by atoms with E-state index in [1.54, 1.807) is 0 Å². The van der Waals surface area contributed by atoms with Gasteiger partial charge in [0.1, 0.15) is 0 Å². The molecule has 0 unspecified atom stereocenters. The van der Waals surface area contributed by atoms with Crippen molar-refractivity contribution in [3.63, 3.8) is 0 Å². The molecule has 0 aromatic heterocycles. The molecule has 0 aliphatic carbocycles. The zero-order chi connectivity index (χ0) is 21.2. The van der Waals surface area contributed by atoms with Gasteiger partial charge in [0.15, 0.2) is 11.5 Å². The van der Waals surface area contributed by atoms with Crippen LogP contribution in [0.1, 0.15) is 39.5 Å². The molecule has 2 aromatic carbocycles. The van der Waals surface area contributed by atoms with E-state index in [1.807, 2.05) is 0 Å². The molecule has 0 saturated carbocycles. The van der Waals surface area contributed by atoms with Crippen molar-refractivity contribution >= 4 is 22.7 Å². The zero-order valence-electron chi connectivity index (χ0n) is 16.6. The summed E-state index contributed by atoms with van der Waals surface area (Å²) in [6.07, 6.45) is 3.77. The van der Waals surface area contributed by atoms with E-state index in [4.69, 9.17) is 4.74 Å². The maximum Gasteiger partial charge on any atom is 0.271 e. The van der Waals surface area contributed by atoms with E-state index in [-0.39, 0.29) is 11.4 Å². The minimum atomic E-state index is -0.460. The maximum absolute atomic E-state index is 11.1. The number of non-ortho nitro benzene ring substituents is 2. The van der Waals surface area contributed by atoms with E-state index >= 15 is 0 Å². The molecular formula is C20H26N4O5. The van der Waals surface area contributed by atoms with Gasteiger partial charge >= 0.3 is 0 Å². The lowest BCUT2D eigenvalue weighted by Crippen LogP contribution is -2.05. The number of nitrogens with one attached hydrogen (secondary N) is 2. The van der Waals surface area contributed by atoms with Crippen LogP contribution in [0.5, 0.6) is 11.5 Å². The zero-order valence-corrected chi connectivity index (χ0v) is 16.6. The van der Waals surface area contributed by atoms with Crippen LogP contribution in [0.2, 0.25) is 0 Å². The molecule has 2 N–H and O–H groups in total. The van der Waals surface area contributed by atoms with Crippen molar-refractivity contribution in [2.45, 2.75) is 39.5 Å². The molecule has 9 nitrogen and oxygen atoms in total. The van der Waals surface area contributed by atoms with Crippen LogP contribution in [0.4, 0.5) is 22.7 Å². The van der Waals surface area contributed by atoms with E-state index in [2.05, 4.69) is 24.5 Å². The van der Waals surface area contributed by atoms with Crippen LogP contribution < -0.4 is 15.4 Å². The topological polar surface area (TPSA) is 120 Å². The Labute approximate surface area is 169 Å². The van der Waals surface area contributed by atoms with Crippen LogP contribution in [0.3, 0.4) is 0 Å². The summed E-state index contributed by atoms with van der Waals surface area (Å²) in [4.78, 5) is 21.3. The standard InChI is InChI=1S/C20H26N4O5/c1-3-5-11-21-17-13-15(23(25)26)7-9-19(17)29-20-10-8-16(24(27)28)14-18(20)22-12-6-4-2/h7-10,13-14,21-22H,3-6,11-12H2,1-2H3.